The molecule has 24 heavy (non-hydrogen) atoms. The van der Waals surface area contributed by atoms with Gasteiger partial charge in [0.25, 0.3) is 11.9 Å². The molecule has 0 radical (unpaired) electrons. The van der Waals surface area contributed by atoms with Crippen LogP contribution in [-0.4, -0.2) is 10.9 Å². The van der Waals surface area contributed by atoms with Gasteiger partial charge in [0.1, 0.15) is 5.69 Å². The number of hydrogen-bond acceptors (Lipinski definition) is 3. The lowest BCUT2D eigenvalue weighted by Gasteiger charge is -2.11. The number of carbonyl (C=O) groups excluding carboxylic acids is 1. The maximum atomic E-state index is 13.5. The topological polar surface area (TPSA) is 54.0 Å². The predicted octanol–water partition coefficient (Wildman–Crippen LogP) is 4.37. The molecule has 2 aromatic rings. The van der Waals surface area contributed by atoms with E-state index in [4.69, 9.17) is 0 Å². The molecule has 4 nitrogen and oxygen atoms in total. The second-order valence-corrected chi connectivity index (χ2v) is 5.54. The molecule has 1 aromatic carbocycles. The second-order valence-electron chi connectivity index (χ2n) is 5.54. The van der Waals surface area contributed by atoms with E-state index in [0.29, 0.717) is 12.1 Å². The van der Waals surface area contributed by atoms with Gasteiger partial charge in [0.2, 0.25) is 17.5 Å². The molecule has 2 N–H and O–H groups in total. The van der Waals surface area contributed by atoms with Crippen LogP contribution in [0.25, 0.3) is 0 Å². The quantitative estimate of drug-likeness (QED) is 0.627. The largest absolute Gasteiger partial charge is 0.350 e. The van der Waals surface area contributed by atoms with Crippen molar-refractivity contribution in [1.29, 1.82) is 0 Å². The Hall–Kier alpha value is -2.64. The fourth-order valence-electron chi connectivity index (χ4n) is 1.96. The highest BCUT2D eigenvalue weighted by Gasteiger charge is 2.20. The maximum Gasteiger partial charge on any atom is 0.253 e. The molecule has 0 fully saturated rings. The van der Waals surface area contributed by atoms with Gasteiger partial charge in [0, 0.05) is 17.8 Å². The number of pyridine rings is 1. The molecule has 2 rings (SSSR count). The minimum Gasteiger partial charge on any atom is -0.350 e. The summed E-state index contributed by atoms with van der Waals surface area (Å²) >= 11 is 0. The maximum absolute atomic E-state index is 13.5. The summed E-state index contributed by atoms with van der Waals surface area (Å²) in [6.07, 6.45) is 0.353. The summed E-state index contributed by atoms with van der Waals surface area (Å²) in [5.74, 6) is -6.69. The summed E-state index contributed by atoms with van der Waals surface area (Å²) in [6, 6.07) is 5.79. The van der Waals surface area contributed by atoms with Gasteiger partial charge < -0.3 is 10.6 Å². The van der Waals surface area contributed by atoms with E-state index in [1.807, 2.05) is 13.8 Å². The van der Waals surface area contributed by atoms with Gasteiger partial charge in [-0.2, -0.15) is 22.5 Å². The molecule has 0 aliphatic heterocycles. The van der Waals surface area contributed by atoms with Crippen molar-refractivity contribution in [3.05, 3.63) is 47.8 Å². The van der Waals surface area contributed by atoms with Gasteiger partial charge in [-0.1, -0.05) is 13.8 Å². The SMILES string of the molecule is CC(C)CC(=O)Nc1ccc(Nc2c(F)c(F)nc(F)c2F)cc1. The van der Waals surface area contributed by atoms with Gasteiger partial charge in [0.15, 0.2) is 0 Å². The van der Waals surface area contributed by atoms with E-state index in [2.05, 4.69) is 15.6 Å². The van der Waals surface area contributed by atoms with E-state index in [-0.39, 0.29) is 17.5 Å². The van der Waals surface area contributed by atoms with E-state index < -0.39 is 29.2 Å². The van der Waals surface area contributed by atoms with Crippen LogP contribution in [-0.2, 0) is 4.79 Å². The first-order valence-corrected chi connectivity index (χ1v) is 7.15. The summed E-state index contributed by atoms with van der Waals surface area (Å²) in [5.41, 5.74) is -0.310. The van der Waals surface area contributed by atoms with Crippen LogP contribution in [0.5, 0.6) is 0 Å². The Morgan fingerprint density at radius 3 is 2.00 bits per heavy atom. The predicted molar refractivity (Wildman–Crippen MR) is 81.9 cm³/mol. The minimum atomic E-state index is -1.74. The van der Waals surface area contributed by atoms with E-state index >= 15 is 0 Å². The molecule has 1 heterocycles. The number of amides is 1. The molecule has 0 spiro atoms. The number of carbonyl (C=O) groups is 1. The smallest absolute Gasteiger partial charge is 0.253 e. The molecule has 0 aliphatic carbocycles. The zero-order valence-corrected chi connectivity index (χ0v) is 13.0. The normalized spacial score (nSPS) is 10.8. The summed E-state index contributed by atoms with van der Waals surface area (Å²) < 4.78 is 53.2. The van der Waals surface area contributed by atoms with Crippen LogP contribution in [0.2, 0.25) is 0 Å². The molecule has 1 aromatic heterocycles. The molecule has 0 aliphatic rings. The number of aromatic nitrogens is 1. The second kappa shape index (κ2) is 7.29. The Kier molecular flexibility index (Phi) is 5.38. The molecule has 1 amide bonds. The Labute approximate surface area is 135 Å². The lowest BCUT2D eigenvalue weighted by Crippen LogP contribution is -2.13. The number of nitrogens with one attached hydrogen (secondary N) is 2. The van der Waals surface area contributed by atoms with Gasteiger partial charge in [-0.15, -0.1) is 0 Å². The zero-order valence-electron chi connectivity index (χ0n) is 13.0. The molecule has 8 heteroatoms. The summed E-state index contributed by atoms with van der Waals surface area (Å²) in [4.78, 5) is 14.1. The van der Waals surface area contributed by atoms with Crippen molar-refractivity contribution < 1.29 is 22.4 Å². The fourth-order valence-corrected chi connectivity index (χ4v) is 1.96. The van der Waals surface area contributed by atoms with Crippen LogP contribution in [0.4, 0.5) is 34.6 Å². The number of anilines is 3. The zero-order chi connectivity index (χ0) is 17.9. The van der Waals surface area contributed by atoms with E-state index in [0.717, 1.165) is 0 Å². The van der Waals surface area contributed by atoms with Crippen LogP contribution in [0.15, 0.2) is 24.3 Å². The molecule has 0 atom stereocenters. The van der Waals surface area contributed by atoms with Crippen LogP contribution in [0.3, 0.4) is 0 Å². The van der Waals surface area contributed by atoms with Gasteiger partial charge >= 0.3 is 0 Å². The van der Waals surface area contributed by atoms with Crippen molar-refractivity contribution in [2.24, 2.45) is 5.92 Å². The third kappa shape index (κ3) is 4.21. The third-order valence-electron chi connectivity index (χ3n) is 3.03. The average Bonchev–Trinajstić information content (AvgIpc) is 2.50. The summed E-state index contributed by atoms with van der Waals surface area (Å²) in [6.45, 7) is 3.81. The average molecular weight is 341 g/mol. The standard InChI is InChI=1S/C16H15F4N3O/c1-8(2)7-11(24)21-9-3-5-10(6-4-9)22-14-12(17)15(19)23-16(20)13(14)18/h3-6,8H,7H2,1-2H3,(H,21,24)(H,22,23). The van der Waals surface area contributed by atoms with E-state index in [9.17, 15) is 22.4 Å². The molecule has 128 valence electrons. The number of nitrogens with zero attached hydrogens (tertiary/aromatic N) is 1. The van der Waals surface area contributed by atoms with Crippen molar-refractivity contribution in [3.8, 4) is 0 Å². The molecule has 0 saturated carbocycles. The molecule has 0 bridgehead atoms. The number of halogens is 4. The fraction of sp³-hybridized carbons (Fsp3) is 0.250. The summed E-state index contributed by atoms with van der Waals surface area (Å²) in [7, 11) is 0. The van der Waals surface area contributed by atoms with Crippen molar-refractivity contribution in [3.63, 3.8) is 0 Å². The monoisotopic (exact) mass is 341 g/mol. The molecular formula is C16H15F4N3O. The van der Waals surface area contributed by atoms with Crippen LogP contribution in [0, 0.1) is 29.4 Å². The van der Waals surface area contributed by atoms with Crippen molar-refractivity contribution >= 4 is 23.0 Å². The highest BCUT2D eigenvalue weighted by Crippen LogP contribution is 2.26. The lowest BCUT2D eigenvalue weighted by atomic mass is 10.1. The Morgan fingerprint density at radius 2 is 1.50 bits per heavy atom. The highest BCUT2D eigenvalue weighted by atomic mass is 19.2. The lowest BCUT2D eigenvalue weighted by molar-refractivity contribution is -0.116. The van der Waals surface area contributed by atoms with Crippen molar-refractivity contribution in [2.45, 2.75) is 20.3 Å². The van der Waals surface area contributed by atoms with Crippen LogP contribution < -0.4 is 10.6 Å². The highest BCUT2D eigenvalue weighted by molar-refractivity contribution is 5.91. The first-order valence-electron chi connectivity index (χ1n) is 7.15. The third-order valence-corrected chi connectivity index (χ3v) is 3.03. The van der Waals surface area contributed by atoms with Crippen LogP contribution in [0.1, 0.15) is 20.3 Å². The van der Waals surface area contributed by atoms with Gasteiger partial charge in [0.05, 0.1) is 0 Å². The van der Waals surface area contributed by atoms with Gasteiger partial charge in [-0.25, -0.2) is 0 Å². The number of benzene rings is 1. The Balaban J connectivity index is 2.14. The van der Waals surface area contributed by atoms with Gasteiger partial charge in [-0.3, -0.25) is 4.79 Å². The molecule has 0 saturated heterocycles. The first-order chi connectivity index (χ1) is 11.3. The Morgan fingerprint density at radius 1 is 1.00 bits per heavy atom. The van der Waals surface area contributed by atoms with Crippen molar-refractivity contribution in [2.75, 3.05) is 10.6 Å². The molecular weight excluding hydrogens is 326 g/mol. The summed E-state index contributed by atoms with van der Waals surface area (Å²) in [5, 5.41) is 4.91. The van der Waals surface area contributed by atoms with Crippen molar-refractivity contribution in [1.82, 2.24) is 4.98 Å². The van der Waals surface area contributed by atoms with E-state index in [1.54, 1.807) is 0 Å². The minimum absolute atomic E-state index is 0.166. The van der Waals surface area contributed by atoms with Crippen LogP contribution >= 0.6 is 0 Å². The first kappa shape index (κ1) is 17.7. The number of hydrogen-bond donors (Lipinski definition) is 2. The molecule has 0 unspecified atom stereocenters. The van der Waals surface area contributed by atoms with Gasteiger partial charge in [-0.05, 0) is 30.2 Å². The Bertz CT molecular complexity index is 722. The number of rotatable bonds is 5. The van der Waals surface area contributed by atoms with E-state index in [1.165, 1.54) is 24.3 Å².